The van der Waals surface area contributed by atoms with E-state index < -0.39 is 0 Å². The molecule has 0 saturated heterocycles. The molecule has 0 radical (unpaired) electrons. The highest BCUT2D eigenvalue weighted by molar-refractivity contribution is 5.83. The van der Waals surface area contributed by atoms with Gasteiger partial charge in [0.25, 0.3) is 0 Å². The van der Waals surface area contributed by atoms with Gasteiger partial charge in [0, 0.05) is 5.56 Å². The molecule has 0 aliphatic heterocycles. The van der Waals surface area contributed by atoms with E-state index >= 15 is 0 Å². The molecule has 0 aromatic heterocycles. The third-order valence-corrected chi connectivity index (χ3v) is 2.35. The van der Waals surface area contributed by atoms with Crippen molar-refractivity contribution < 1.29 is 5.11 Å². The number of rotatable bonds is 3. The fourth-order valence-corrected chi connectivity index (χ4v) is 1.39. The van der Waals surface area contributed by atoms with Crippen LogP contribution in [0.4, 0.5) is 5.69 Å². The van der Waals surface area contributed by atoms with Crippen molar-refractivity contribution in [3.05, 3.63) is 59.7 Å². The van der Waals surface area contributed by atoms with E-state index in [1.165, 1.54) is 6.21 Å². The number of hydrogen-bond donors (Lipinski definition) is 2. The van der Waals surface area contributed by atoms with Crippen LogP contribution in [0.5, 0.6) is 5.75 Å². The number of hydrogen-bond acceptors (Lipinski definition) is 4. The van der Waals surface area contributed by atoms with Crippen LogP contribution in [-0.4, -0.2) is 11.3 Å². The van der Waals surface area contributed by atoms with Crippen LogP contribution in [0.1, 0.15) is 11.1 Å². The molecule has 88 valence electrons. The lowest BCUT2D eigenvalue weighted by Gasteiger charge is -2.00. The SMILES string of the molecule is N#Cc1ccc(N/N=C/c2ccccc2O)cc1. The van der Waals surface area contributed by atoms with Crippen molar-refractivity contribution in [3.63, 3.8) is 0 Å². The number of anilines is 1. The molecule has 0 aliphatic carbocycles. The molecule has 2 aromatic carbocycles. The Morgan fingerprint density at radius 2 is 1.83 bits per heavy atom. The minimum Gasteiger partial charge on any atom is -0.507 e. The Bertz CT molecular complexity index is 597. The minimum absolute atomic E-state index is 0.183. The molecule has 0 spiro atoms. The number of nitrogens with one attached hydrogen (secondary N) is 1. The first-order valence-corrected chi connectivity index (χ1v) is 5.37. The Kier molecular flexibility index (Phi) is 3.57. The predicted molar refractivity (Wildman–Crippen MR) is 70.5 cm³/mol. The first-order chi connectivity index (χ1) is 8.79. The number of nitrogens with zero attached hydrogens (tertiary/aromatic N) is 2. The van der Waals surface area contributed by atoms with E-state index in [0.29, 0.717) is 11.1 Å². The van der Waals surface area contributed by atoms with Gasteiger partial charge in [-0.2, -0.15) is 10.4 Å². The summed E-state index contributed by atoms with van der Waals surface area (Å²) in [6.45, 7) is 0. The van der Waals surface area contributed by atoms with Gasteiger partial charge in [0.15, 0.2) is 0 Å². The zero-order valence-corrected chi connectivity index (χ0v) is 9.54. The van der Waals surface area contributed by atoms with Crippen molar-refractivity contribution in [3.8, 4) is 11.8 Å². The average molecular weight is 237 g/mol. The maximum absolute atomic E-state index is 9.52. The maximum Gasteiger partial charge on any atom is 0.124 e. The van der Waals surface area contributed by atoms with Crippen molar-refractivity contribution in [2.24, 2.45) is 5.10 Å². The van der Waals surface area contributed by atoms with Crippen LogP contribution >= 0.6 is 0 Å². The molecule has 0 saturated carbocycles. The van der Waals surface area contributed by atoms with Gasteiger partial charge in [-0.1, -0.05) is 12.1 Å². The summed E-state index contributed by atoms with van der Waals surface area (Å²) in [6, 6.07) is 15.9. The number of aromatic hydroxyl groups is 1. The van der Waals surface area contributed by atoms with Crippen LogP contribution in [-0.2, 0) is 0 Å². The summed E-state index contributed by atoms with van der Waals surface area (Å²) in [5.41, 5.74) is 4.84. The Morgan fingerprint density at radius 3 is 2.50 bits per heavy atom. The van der Waals surface area contributed by atoms with E-state index in [-0.39, 0.29) is 5.75 Å². The number of benzene rings is 2. The molecule has 0 unspecified atom stereocenters. The van der Waals surface area contributed by atoms with E-state index in [1.807, 2.05) is 12.1 Å². The quantitative estimate of drug-likeness (QED) is 0.637. The van der Waals surface area contributed by atoms with E-state index in [9.17, 15) is 5.11 Å². The molecule has 0 bridgehead atoms. The molecule has 2 rings (SSSR count). The third-order valence-electron chi connectivity index (χ3n) is 2.35. The summed E-state index contributed by atoms with van der Waals surface area (Å²) >= 11 is 0. The van der Waals surface area contributed by atoms with Gasteiger partial charge in [-0.3, -0.25) is 5.43 Å². The number of hydrazone groups is 1. The van der Waals surface area contributed by atoms with E-state index in [0.717, 1.165) is 5.69 Å². The van der Waals surface area contributed by atoms with Gasteiger partial charge in [0.05, 0.1) is 23.5 Å². The lowest BCUT2D eigenvalue weighted by Crippen LogP contribution is -1.90. The molecule has 4 heteroatoms. The van der Waals surface area contributed by atoms with Crippen LogP contribution < -0.4 is 5.43 Å². The van der Waals surface area contributed by atoms with E-state index in [1.54, 1.807) is 42.5 Å². The molecule has 4 nitrogen and oxygen atoms in total. The molecule has 0 aliphatic rings. The van der Waals surface area contributed by atoms with Crippen LogP contribution in [0.25, 0.3) is 0 Å². The number of nitriles is 1. The molecular formula is C14H11N3O. The van der Waals surface area contributed by atoms with Crippen LogP contribution in [0.15, 0.2) is 53.6 Å². The second-order valence-electron chi connectivity index (χ2n) is 3.62. The first-order valence-electron chi connectivity index (χ1n) is 5.37. The summed E-state index contributed by atoms with van der Waals surface area (Å²) in [5.74, 6) is 0.183. The van der Waals surface area contributed by atoms with Gasteiger partial charge >= 0.3 is 0 Å². The largest absolute Gasteiger partial charge is 0.507 e. The van der Waals surface area contributed by atoms with E-state index in [4.69, 9.17) is 5.26 Å². The second-order valence-corrected chi connectivity index (χ2v) is 3.62. The molecule has 18 heavy (non-hydrogen) atoms. The summed E-state index contributed by atoms with van der Waals surface area (Å²) in [5, 5.41) is 22.2. The average Bonchev–Trinajstić information content (AvgIpc) is 2.42. The van der Waals surface area contributed by atoms with Gasteiger partial charge in [-0.05, 0) is 36.4 Å². The highest BCUT2D eigenvalue weighted by Crippen LogP contribution is 2.13. The zero-order valence-electron chi connectivity index (χ0n) is 9.54. The topological polar surface area (TPSA) is 68.4 Å². The zero-order chi connectivity index (χ0) is 12.8. The molecule has 0 amide bonds. The van der Waals surface area contributed by atoms with Gasteiger partial charge in [0.1, 0.15) is 5.75 Å². The highest BCUT2D eigenvalue weighted by atomic mass is 16.3. The first kappa shape index (κ1) is 11.7. The molecule has 0 fully saturated rings. The number of phenols is 1. The second kappa shape index (κ2) is 5.51. The number of para-hydroxylation sites is 1. The molecular weight excluding hydrogens is 226 g/mol. The highest BCUT2D eigenvalue weighted by Gasteiger charge is 1.95. The van der Waals surface area contributed by atoms with Crippen molar-refractivity contribution in [1.82, 2.24) is 0 Å². The van der Waals surface area contributed by atoms with Crippen molar-refractivity contribution in [2.45, 2.75) is 0 Å². The Hall–Kier alpha value is -2.80. The van der Waals surface area contributed by atoms with Crippen LogP contribution in [0.2, 0.25) is 0 Å². The Balaban J connectivity index is 2.03. The molecule has 2 N–H and O–H groups in total. The summed E-state index contributed by atoms with van der Waals surface area (Å²) < 4.78 is 0. The van der Waals surface area contributed by atoms with E-state index in [2.05, 4.69) is 10.5 Å². The summed E-state index contributed by atoms with van der Waals surface area (Å²) in [7, 11) is 0. The molecule has 2 aromatic rings. The Morgan fingerprint density at radius 1 is 1.11 bits per heavy atom. The Labute approximate surface area is 105 Å². The van der Waals surface area contributed by atoms with Gasteiger partial charge in [-0.15, -0.1) is 0 Å². The summed E-state index contributed by atoms with van der Waals surface area (Å²) in [6.07, 6.45) is 1.54. The monoisotopic (exact) mass is 237 g/mol. The van der Waals surface area contributed by atoms with Crippen LogP contribution in [0.3, 0.4) is 0 Å². The van der Waals surface area contributed by atoms with Crippen molar-refractivity contribution >= 4 is 11.9 Å². The lowest BCUT2D eigenvalue weighted by atomic mass is 10.2. The fraction of sp³-hybridized carbons (Fsp3) is 0. The lowest BCUT2D eigenvalue weighted by molar-refractivity contribution is 0.474. The predicted octanol–water partition coefficient (Wildman–Crippen LogP) is 2.71. The molecule has 0 atom stereocenters. The maximum atomic E-state index is 9.52. The van der Waals surface area contributed by atoms with Crippen LogP contribution in [0, 0.1) is 11.3 Å². The third kappa shape index (κ3) is 2.86. The fourth-order valence-electron chi connectivity index (χ4n) is 1.39. The van der Waals surface area contributed by atoms with Gasteiger partial charge in [-0.25, -0.2) is 0 Å². The summed E-state index contributed by atoms with van der Waals surface area (Å²) in [4.78, 5) is 0. The minimum atomic E-state index is 0.183. The molecule has 0 heterocycles. The smallest absolute Gasteiger partial charge is 0.124 e. The normalized spacial score (nSPS) is 10.2. The van der Waals surface area contributed by atoms with Gasteiger partial charge in [0.2, 0.25) is 0 Å². The number of phenolic OH excluding ortho intramolecular Hbond substituents is 1. The van der Waals surface area contributed by atoms with Crippen molar-refractivity contribution in [1.29, 1.82) is 5.26 Å². The van der Waals surface area contributed by atoms with Crippen molar-refractivity contribution in [2.75, 3.05) is 5.43 Å². The van der Waals surface area contributed by atoms with Gasteiger partial charge < -0.3 is 5.11 Å². The standard InChI is InChI=1S/C14H11N3O/c15-9-11-5-7-13(8-6-11)17-16-10-12-3-1-2-4-14(12)18/h1-8,10,17-18H/b16-10+.